The van der Waals surface area contributed by atoms with Gasteiger partial charge in [0, 0.05) is 17.3 Å². The van der Waals surface area contributed by atoms with E-state index in [1.54, 1.807) is 30.7 Å². The molecule has 2 aromatic rings. The number of aromatic nitrogens is 3. The van der Waals surface area contributed by atoms with E-state index in [0.29, 0.717) is 35.5 Å². The Morgan fingerprint density at radius 2 is 2.00 bits per heavy atom. The van der Waals surface area contributed by atoms with Gasteiger partial charge in [-0.05, 0) is 31.4 Å². The number of carbonyl (C=O) groups excluding carboxylic acids is 1. The van der Waals surface area contributed by atoms with Crippen LogP contribution < -0.4 is 15.8 Å². The summed E-state index contributed by atoms with van der Waals surface area (Å²) in [5, 5.41) is 2.50. The van der Waals surface area contributed by atoms with Crippen molar-refractivity contribution in [2.75, 3.05) is 19.0 Å². The average Bonchev–Trinajstić information content (AvgIpc) is 2.59. The number of anilines is 1. The highest BCUT2D eigenvalue weighted by Crippen LogP contribution is 2.20. The first-order valence-corrected chi connectivity index (χ1v) is 8.34. The summed E-state index contributed by atoms with van der Waals surface area (Å²) in [6, 6.07) is 3.41. The number of nitrogens with zero attached hydrogens (tertiary/aromatic N) is 3. The predicted octanol–water partition coefficient (Wildman–Crippen LogP) is 2.86. The van der Waals surface area contributed by atoms with E-state index in [2.05, 4.69) is 38.9 Å². The zero-order valence-corrected chi connectivity index (χ0v) is 15.5. The van der Waals surface area contributed by atoms with Gasteiger partial charge in [-0.25, -0.2) is 19.7 Å². The number of carbonyl (C=O) groups is 1. The molecule has 1 amide bonds. The minimum absolute atomic E-state index is 0.353. The number of pyridine rings is 1. The van der Waals surface area contributed by atoms with E-state index in [-0.39, 0.29) is 0 Å². The molecule has 26 heavy (non-hydrogen) atoms. The summed E-state index contributed by atoms with van der Waals surface area (Å²) in [6.07, 6.45) is 5.02. The van der Waals surface area contributed by atoms with Crippen LogP contribution in [-0.4, -0.2) is 40.3 Å². The van der Waals surface area contributed by atoms with E-state index in [4.69, 9.17) is 10.5 Å². The molecule has 0 bridgehead atoms. The van der Waals surface area contributed by atoms with Crippen LogP contribution in [0.3, 0.4) is 0 Å². The highest BCUT2D eigenvalue weighted by Gasteiger charge is 2.21. The summed E-state index contributed by atoms with van der Waals surface area (Å²) in [5.74, 6) is 1.89. The van der Waals surface area contributed by atoms with E-state index in [9.17, 15) is 4.79 Å². The van der Waals surface area contributed by atoms with Crippen LogP contribution in [0.2, 0.25) is 0 Å². The molecule has 0 fully saturated rings. The molecule has 0 aliphatic rings. The second kappa shape index (κ2) is 8.57. The maximum atomic E-state index is 11.3. The molecule has 2 heterocycles. The highest BCUT2D eigenvalue weighted by atomic mass is 16.5. The zero-order chi connectivity index (χ0) is 19.2. The summed E-state index contributed by atoms with van der Waals surface area (Å²) in [6.45, 7) is 6.60. The fraction of sp³-hybridized carbons (Fsp3) is 0.444. The Bertz CT molecular complexity index is 732. The molecule has 2 aromatic heterocycles. The third kappa shape index (κ3) is 5.96. The fourth-order valence-corrected chi connectivity index (χ4v) is 2.57. The molecule has 140 valence electrons. The molecular formula is C18H25N5O3. The Labute approximate surface area is 153 Å². The van der Waals surface area contributed by atoms with Crippen molar-refractivity contribution >= 4 is 11.9 Å². The van der Waals surface area contributed by atoms with E-state index < -0.39 is 11.6 Å². The van der Waals surface area contributed by atoms with Gasteiger partial charge < -0.3 is 15.2 Å². The third-order valence-electron chi connectivity index (χ3n) is 3.50. The number of rotatable bonds is 7. The largest absolute Gasteiger partial charge is 0.488 e. The van der Waals surface area contributed by atoms with Crippen molar-refractivity contribution in [3.8, 4) is 17.1 Å². The lowest BCUT2D eigenvalue weighted by Gasteiger charge is -2.26. The maximum absolute atomic E-state index is 11.3. The Kier molecular flexibility index (Phi) is 6.46. The van der Waals surface area contributed by atoms with Gasteiger partial charge in [-0.3, -0.25) is 5.32 Å². The smallest absolute Gasteiger partial charge is 0.412 e. The van der Waals surface area contributed by atoms with Gasteiger partial charge in [0.25, 0.3) is 0 Å². The van der Waals surface area contributed by atoms with Gasteiger partial charge in [-0.2, -0.15) is 0 Å². The number of nitrogens with two attached hydrogens (primary N) is 1. The van der Waals surface area contributed by atoms with Crippen LogP contribution in [0.4, 0.5) is 10.6 Å². The Hall–Kier alpha value is -2.74. The molecular weight excluding hydrogens is 334 g/mol. The Morgan fingerprint density at radius 3 is 2.62 bits per heavy atom. The monoisotopic (exact) mass is 359 g/mol. The van der Waals surface area contributed by atoms with E-state index in [0.717, 1.165) is 6.42 Å². The van der Waals surface area contributed by atoms with E-state index >= 15 is 0 Å². The van der Waals surface area contributed by atoms with Crippen molar-refractivity contribution in [2.45, 2.75) is 32.7 Å². The molecule has 0 aromatic carbocycles. The van der Waals surface area contributed by atoms with E-state index in [1.807, 2.05) is 6.92 Å². The SMILES string of the molecule is COC(=O)Nc1cc(-c2ncc(OCC(C)(N)CC(C)C)cn2)ccn1. The standard InChI is InChI=1S/C18H25N5O3/c1-12(2)8-18(3,19)11-26-14-9-21-16(22-10-14)13-5-6-20-15(7-13)23-17(24)25-4/h5-7,9-10,12H,8,11,19H2,1-4H3,(H,20,23,24). The van der Waals surface area contributed by atoms with Crippen LogP contribution >= 0.6 is 0 Å². The summed E-state index contributed by atoms with van der Waals surface area (Å²) in [5.41, 5.74) is 6.54. The molecule has 0 aliphatic carbocycles. The second-order valence-corrected chi connectivity index (χ2v) is 6.83. The summed E-state index contributed by atoms with van der Waals surface area (Å²) < 4.78 is 10.3. The van der Waals surface area contributed by atoms with Crippen LogP contribution in [0.5, 0.6) is 5.75 Å². The fourth-order valence-electron chi connectivity index (χ4n) is 2.57. The second-order valence-electron chi connectivity index (χ2n) is 6.83. The highest BCUT2D eigenvalue weighted by molar-refractivity contribution is 5.83. The number of methoxy groups -OCH3 is 1. The first-order chi connectivity index (χ1) is 12.3. The van der Waals surface area contributed by atoms with Crippen LogP contribution in [0.1, 0.15) is 27.2 Å². The Morgan fingerprint density at radius 1 is 1.31 bits per heavy atom. The van der Waals surface area contributed by atoms with Crippen molar-refractivity contribution in [2.24, 2.45) is 11.7 Å². The molecule has 0 saturated carbocycles. The molecule has 0 aliphatic heterocycles. The number of amides is 1. The third-order valence-corrected chi connectivity index (χ3v) is 3.50. The number of nitrogens with one attached hydrogen (secondary N) is 1. The maximum Gasteiger partial charge on any atom is 0.412 e. The minimum Gasteiger partial charge on any atom is -0.488 e. The molecule has 3 N–H and O–H groups in total. The van der Waals surface area contributed by atoms with Gasteiger partial charge >= 0.3 is 6.09 Å². The summed E-state index contributed by atoms with van der Waals surface area (Å²) in [7, 11) is 1.29. The van der Waals surface area contributed by atoms with E-state index in [1.165, 1.54) is 7.11 Å². The lowest BCUT2D eigenvalue weighted by Crippen LogP contribution is -2.43. The van der Waals surface area contributed by atoms with Gasteiger partial charge in [-0.15, -0.1) is 0 Å². The molecule has 8 nitrogen and oxygen atoms in total. The van der Waals surface area contributed by atoms with Crippen molar-refractivity contribution in [1.29, 1.82) is 0 Å². The molecule has 2 rings (SSSR count). The minimum atomic E-state index is -0.592. The van der Waals surface area contributed by atoms with Crippen molar-refractivity contribution in [1.82, 2.24) is 15.0 Å². The van der Waals surface area contributed by atoms with Crippen LogP contribution in [0, 0.1) is 5.92 Å². The normalized spacial score (nSPS) is 13.2. The topological polar surface area (TPSA) is 112 Å². The molecule has 1 unspecified atom stereocenters. The lowest BCUT2D eigenvalue weighted by molar-refractivity contribution is 0.187. The number of hydrogen-bond donors (Lipinski definition) is 2. The summed E-state index contributed by atoms with van der Waals surface area (Å²) in [4.78, 5) is 23.9. The van der Waals surface area contributed by atoms with Crippen molar-refractivity contribution in [3.63, 3.8) is 0 Å². The van der Waals surface area contributed by atoms with Crippen molar-refractivity contribution in [3.05, 3.63) is 30.7 Å². The van der Waals surface area contributed by atoms with Crippen LogP contribution in [0.15, 0.2) is 30.7 Å². The summed E-state index contributed by atoms with van der Waals surface area (Å²) >= 11 is 0. The van der Waals surface area contributed by atoms with Gasteiger partial charge in [0.1, 0.15) is 12.4 Å². The van der Waals surface area contributed by atoms with Crippen LogP contribution in [0.25, 0.3) is 11.4 Å². The number of ether oxygens (including phenoxy) is 2. The van der Waals surface area contributed by atoms with Crippen molar-refractivity contribution < 1.29 is 14.3 Å². The van der Waals surface area contributed by atoms with Crippen LogP contribution in [-0.2, 0) is 4.74 Å². The first-order valence-electron chi connectivity index (χ1n) is 8.34. The average molecular weight is 359 g/mol. The predicted molar refractivity (Wildman–Crippen MR) is 98.8 cm³/mol. The quantitative estimate of drug-likeness (QED) is 0.781. The first kappa shape index (κ1) is 19.6. The van der Waals surface area contributed by atoms with Gasteiger partial charge in [-0.1, -0.05) is 13.8 Å². The molecule has 0 radical (unpaired) electrons. The Balaban J connectivity index is 2.03. The molecule has 8 heteroatoms. The molecule has 1 atom stereocenters. The molecule has 0 saturated heterocycles. The zero-order valence-electron chi connectivity index (χ0n) is 15.5. The van der Waals surface area contributed by atoms with Gasteiger partial charge in [0.2, 0.25) is 0 Å². The van der Waals surface area contributed by atoms with Gasteiger partial charge in [0.15, 0.2) is 11.6 Å². The molecule has 0 spiro atoms. The number of hydrogen-bond acceptors (Lipinski definition) is 7. The lowest BCUT2D eigenvalue weighted by atomic mass is 9.93. The van der Waals surface area contributed by atoms with Gasteiger partial charge in [0.05, 0.1) is 19.5 Å².